The number of hydrogen-bond donors (Lipinski definition) is 2. The third-order valence-corrected chi connectivity index (χ3v) is 3.98. The maximum atomic E-state index is 12.9. The number of aryl methyl sites for hydroxylation is 1. The molecule has 140 valence electrons. The topological polar surface area (TPSA) is 108 Å². The molecule has 1 saturated carbocycles. The van der Waals surface area contributed by atoms with Gasteiger partial charge in [0, 0.05) is 24.4 Å². The maximum Gasteiger partial charge on any atom is 0.435 e. The minimum absolute atomic E-state index is 0.0181. The molecule has 26 heavy (non-hydrogen) atoms. The predicted octanol–water partition coefficient (Wildman–Crippen LogP) is 1.73. The van der Waals surface area contributed by atoms with Gasteiger partial charge in [-0.1, -0.05) is 0 Å². The molecule has 2 aromatic heterocycles. The monoisotopic (exact) mass is 370 g/mol. The summed E-state index contributed by atoms with van der Waals surface area (Å²) in [5.74, 6) is -1.46. The van der Waals surface area contributed by atoms with E-state index in [0.717, 1.165) is 23.6 Å². The first-order chi connectivity index (χ1) is 12.2. The average Bonchev–Trinajstić information content (AvgIpc) is 3.15. The van der Waals surface area contributed by atoms with Gasteiger partial charge in [-0.2, -0.15) is 23.4 Å². The lowest BCUT2D eigenvalue weighted by Gasteiger charge is -2.07. The van der Waals surface area contributed by atoms with Crippen LogP contribution in [0.4, 0.5) is 18.9 Å². The number of primary amides is 1. The molecule has 3 rings (SSSR count). The van der Waals surface area contributed by atoms with Crippen molar-refractivity contribution in [1.82, 2.24) is 19.6 Å². The first kappa shape index (κ1) is 18.0. The van der Waals surface area contributed by atoms with Gasteiger partial charge in [0.05, 0.1) is 5.69 Å². The molecular formula is C15H17F3N6O2. The minimum Gasteiger partial charge on any atom is -0.364 e. The van der Waals surface area contributed by atoms with Crippen LogP contribution in [0.2, 0.25) is 0 Å². The number of nitrogens with two attached hydrogens (primary N) is 1. The van der Waals surface area contributed by atoms with Crippen LogP contribution >= 0.6 is 0 Å². The Labute approximate surface area is 146 Å². The zero-order valence-corrected chi connectivity index (χ0v) is 13.9. The molecule has 0 radical (unpaired) electrons. The molecular weight excluding hydrogens is 353 g/mol. The van der Waals surface area contributed by atoms with E-state index in [9.17, 15) is 22.8 Å². The molecule has 0 aliphatic heterocycles. The van der Waals surface area contributed by atoms with Gasteiger partial charge in [-0.25, -0.2) is 0 Å². The molecule has 0 saturated heterocycles. The molecule has 0 unspecified atom stereocenters. The van der Waals surface area contributed by atoms with Crippen molar-refractivity contribution in [3.63, 3.8) is 0 Å². The summed E-state index contributed by atoms with van der Waals surface area (Å²) in [4.78, 5) is 23.7. The number of anilines is 1. The van der Waals surface area contributed by atoms with Crippen LogP contribution < -0.4 is 11.1 Å². The second-order valence-electron chi connectivity index (χ2n) is 6.04. The Bertz CT molecular complexity index is 850. The van der Waals surface area contributed by atoms with Gasteiger partial charge in [-0.05, 0) is 25.8 Å². The molecule has 1 aliphatic rings. The Morgan fingerprint density at radius 3 is 2.58 bits per heavy atom. The van der Waals surface area contributed by atoms with Crippen molar-refractivity contribution in [3.8, 4) is 0 Å². The van der Waals surface area contributed by atoms with E-state index in [1.54, 1.807) is 6.92 Å². The number of aromatic nitrogens is 4. The van der Waals surface area contributed by atoms with Crippen molar-refractivity contribution in [3.05, 3.63) is 29.3 Å². The van der Waals surface area contributed by atoms with E-state index in [2.05, 4.69) is 15.5 Å². The molecule has 0 atom stereocenters. The summed E-state index contributed by atoms with van der Waals surface area (Å²) in [6.07, 6.45) is -1.61. The van der Waals surface area contributed by atoms with Gasteiger partial charge in [0.1, 0.15) is 6.54 Å². The zero-order valence-electron chi connectivity index (χ0n) is 13.9. The molecule has 0 spiro atoms. The first-order valence-corrected chi connectivity index (χ1v) is 8.01. The van der Waals surface area contributed by atoms with Gasteiger partial charge < -0.3 is 11.1 Å². The van der Waals surface area contributed by atoms with Crippen LogP contribution in [0.5, 0.6) is 0 Å². The van der Waals surface area contributed by atoms with Gasteiger partial charge >= 0.3 is 6.18 Å². The highest BCUT2D eigenvalue weighted by Crippen LogP contribution is 2.42. The molecule has 2 aromatic rings. The van der Waals surface area contributed by atoms with Crippen LogP contribution in [-0.2, 0) is 24.1 Å². The number of carbonyl (C=O) groups is 2. The average molecular weight is 370 g/mol. The fourth-order valence-corrected chi connectivity index (χ4v) is 2.59. The number of nitrogens with one attached hydrogen (secondary N) is 1. The molecule has 1 aliphatic carbocycles. The van der Waals surface area contributed by atoms with E-state index < -0.39 is 30.2 Å². The molecule has 11 heteroatoms. The van der Waals surface area contributed by atoms with E-state index in [-0.39, 0.29) is 17.3 Å². The van der Waals surface area contributed by atoms with Crippen LogP contribution in [0.25, 0.3) is 0 Å². The Morgan fingerprint density at radius 1 is 1.35 bits per heavy atom. The summed E-state index contributed by atoms with van der Waals surface area (Å²) < 4.78 is 41.2. The third kappa shape index (κ3) is 3.70. The van der Waals surface area contributed by atoms with E-state index in [1.807, 2.05) is 0 Å². The summed E-state index contributed by atoms with van der Waals surface area (Å²) >= 11 is 0. The molecule has 1 fully saturated rings. The highest BCUT2D eigenvalue weighted by atomic mass is 19.4. The SMILES string of the molecule is CCn1cc(NC(=O)Cn2nc(C(F)(F)F)cc2C2CC2)c(C(N)=O)n1. The lowest BCUT2D eigenvalue weighted by molar-refractivity contribution is -0.141. The van der Waals surface area contributed by atoms with Crippen molar-refractivity contribution in [2.24, 2.45) is 5.73 Å². The van der Waals surface area contributed by atoms with Gasteiger partial charge in [-0.3, -0.25) is 19.0 Å². The summed E-state index contributed by atoms with van der Waals surface area (Å²) in [6.45, 7) is 1.83. The molecule has 0 aromatic carbocycles. The molecule has 2 heterocycles. The van der Waals surface area contributed by atoms with Crippen molar-refractivity contribution in [2.75, 3.05) is 5.32 Å². The standard InChI is InChI=1S/C15H17F3N6O2/c1-2-23-6-9(13(22-23)14(19)26)20-12(25)7-24-10(8-3-4-8)5-11(21-24)15(16,17)18/h5-6,8H,2-4,7H2,1H3,(H2,19,26)(H,20,25). The van der Waals surface area contributed by atoms with Crippen LogP contribution in [0, 0.1) is 0 Å². The molecule has 3 N–H and O–H groups in total. The highest BCUT2D eigenvalue weighted by molar-refractivity contribution is 6.01. The number of amides is 2. The smallest absolute Gasteiger partial charge is 0.364 e. The fourth-order valence-electron chi connectivity index (χ4n) is 2.59. The van der Waals surface area contributed by atoms with E-state index in [1.165, 1.54) is 10.9 Å². The van der Waals surface area contributed by atoms with E-state index in [4.69, 9.17) is 5.73 Å². The number of rotatable bonds is 6. The van der Waals surface area contributed by atoms with E-state index >= 15 is 0 Å². The number of nitrogens with zero attached hydrogens (tertiary/aromatic N) is 4. The van der Waals surface area contributed by atoms with E-state index in [0.29, 0.717) is 12.2 Å². The van der Waals surface area contributed by atoms with Crippen LogP contribution in [0.1, 0.15) is 47.6 Å². The summed E-state index contributed by atoms with van der Waals surface area (Å²) in [5, 5.41) is 9.92. The van der Waals surface area contributed by atoms with Crippen molar-refractivity contribution < 1.29 is 22.8 Å². The van der Waals surface area contributed by atoms with Gasteiger partial charge in [-0.15, -0.1) is 0 Å². The van der Waals surface area contributed by atoms with Gasteiger partial charge in [0.25, 0.3) is 5.91 Å². The summed E-state index contributed by atoms with van der Waals surface area (Å²) in [6, 6.07) is 0.981. The molecule has 2 amide bonds. The number of hydrogen-bond acceptors (Lipinski definition) is 4. The lowest BCUT2D eigenvalue weighted by atomic mass is 10.2. The second-order valence-corrected chi connectivity index (χ2v) is 6.04. The Morgan fingerprint density at radius 2 is 2.04 bits per heavy atom. The normalized spacial score (nSPS) is 14.5. The lowest BCUT2D eigenvalue weighted by Crippen LogP contribution is -2.23. The molecule has 0 bridgehead atoms. The minimum atomic E-state index is -4.58. The Hall–Kier alpha value is -2.85. The third-order valence-electron chi connectivity index (χ3n) is 3.98. The quantitative estimate of drug-likeness (QED) is 0.807. The van der Waals surface area contributed by atoms with Crippen LogP contribution in [-0.4, -0.2) is 31.4 Å². The largest absolute Gasteiger partial charge is 0.435 e. The number of halogens is 3. The van der Waals surface area contributed by atoms with Crippen LogP contribution in [0.15, 0.2) is 12.3 Å². The number of carbonyl (C=O) groups excluding carboxylic acids is 2. The zero-order chi connectivity index (χ0) is 19.1. The summed E-state index contributed by atoms with van der Waals surface area (Å²) in [5.41, 5.74) is 4.58. The Kier molecular flexibility index (Phi) is 4.46. The maximum absolute atomic E-state index is 12.9. The number of alkyl halides is 3. The molecule has 8 nitrogen and oxygen atoms in total. The fraction of sp³-hybridized carbons (Fsp3) is 0.467. The van der Waals surface area contributed by atoms with Crippen molar-refractivity contribution in [2.45, 2.75) is 44.9 Å². The second kappa shape index (κ2) is 6.46. The van der Waals surface area contributed by atoms with Crippen LogP contribution in [0.3, 0.4) is 0 Å². The van der Waals surface area contributed by atoms with Gasteiger partial charge in [0.2, 0.25) is 5.91 Å². The highest BCUT2D eigenvalue weighted by Gasteiger charge is 2.38. The summed E-state index contributed by atoms with van der Waals surface area (Å²) in [7, 11) is 0. The van der Waals surface area contributed by atoms with Crippen molar-refractivity contribution in [1.29, 1.82) is 0 Å². The van der Waals surface area contributed by atoms with Gasteiger partial charge in [0.15, 0.2) is 11.4 Å². The first-order valence-electron chi connectivity index (χ1n) is 8.01. The van der Waals surface area contributed by atoms with Crippen molar-refractivity contribution >= 4 is 17.5 Å². The Balaban J connectivity index is 1.80. The predicted molar refractivity (Wildman–Crippen MR) is 84.3 cm³/mol.